The van der Waals surface area contributed by atoms with Crippen molar-refractivity contribution in [3.05, 3.63) is 214 Å². The van der Waals surface area contributed by atoms with E-state index >= 15 is 0 Å². The Balaban J connectivity index is 0.000000337. The lowest BCUT2D eigenvalue weighted by Crippen LogP contribution is -2.47. The van der Waals surface area contributed by atoms with Gasteiger partial charge >= 0.3 is 0 Å². The van der Waals surface area contributed by atoms with Gasteiger partial charge in [0.25, 0.3) is 0 Å². The molecule has 0 saturated carbocycles. The van der Waals surface area contributed by atoms with Crippen LogP contribution in [0.25, 0.3) is 24.3 Å². The van der Waals surface area contributed by atoms with E-state index in [1.807, 2.05) is 0 Å². The second kappa shape index (κ2) is 35.4. The van der Waals surface area contributed by atoms with Crippen LogP contribution in [0.5, 0.6) is 0 Å². The lowest BCUT2D eigenvalue weighted by molar-refractivity contribution is 0.456. The number of rotatable bonds is 16. The molecule has 0 heterocycles. The maximum atomic E-state index is 7.29. The molecule has 6 N–H and O–H groups in total. The third kappa shape index (κ3) is 24.9. The lowest BCUT2D eigenvalue weighted by atomic mass is 10.0. The second-order valence-electron chi connectivity index (χ2n) is 39.0. The van der Waals surface area contributed by atoms with Gasteiger partial charge in [-0.3, -0.25) is 0 Å². The lowest BCUT2D eigenvalue weighted by Gasteiger charge is -2.46. The van der Waals surface area contributed by atoms with Gasteiger partial charge in [-0.15, -0.1) is 0 Å². The van der Waals surface area contributed by atoms with Gasteiger partial charge in [-0.1, -0.05) is 349 Å². The van der Waals surface area contributed by atoms with Crippen LogP contribution in [0.4, 0.5) is 0 Å². The Labute approximate surface area is 631 Å². The normalized spacial score (nSPS) is 19.0. The quantitative estimate of drug-likeness (QED) is 0.0535. The molecule has 3 nitrogen and oxygen atoms in total. The average Bonchev–Trinajstić information content (AvgIpc) is 1.56. The summed E-state index contributed by atoms with van der Waals surface area (Å²) in [6.07, 6.45) is 12.4. The number of hydrogen-bond donors (Lipinski definition) is 0. The summed E-state index contributed by atoms with van der Waals surface area (Å²) >= 11 is 14.6. The molecule has 555 valence electrons. The van der Waals surface area contributed by atoms with E-state index in [-0.39, 0.29) is 25.2 Å². The molecule has 0 bridgehead atoms. The number of fused-ring (bicyclic) bond motifs is 4. The molecule has 100 heavy (non-hydrogen) atoms. The predicted octanol–water partition coefficient (Wildman–Crippen LogP) is 27.0. The monoisotopic (exact) mass is 1510 g/mol. The summed E-state index contributed by atoms with van der Waals surface area (Å²) in [5.41, 5.74) is 34.0. The van der Waals surface area contributed by atoms with Crippen molar-refractivity contribution in [2.75, 3.05) is 0 Å². The summed E-state index contributed by atoms with van der Waals surface area (Å²) in [6, 6.07) is 47.1. The Morgan fingerprint density at radius 1 is 0.440 bits per heavy atom. The molecule has 0 spiro atoms. The standard InChI is InChI=1S/C28H43Si2.2C19H31ClSi2.C13H18Si.C9H13.3H2O/c1-19-20(2)22(4)26(21(19)3)30(10,18-28(5,6)7)27-24(15-16-29(8)9)17-23-13-11-12-14-25(23)27;2*1-19(2,3)14-22(7,20)18-16(13-21(4,5)6)12-15-10-8-9-11-17(15)18;1-14(2,3)10-11-8-12-6-4-5-7-13(12)9-11;1-6-5-7(2)9(4)8(6)3;;;/h11-14,17,26-27H,15-16,18H2,1-10H3;2*8-12,18H,13-14H2,1-7H3;4-8H,9-10H2,1-3H3;5H,1-4H3;3*1H2/q;;;;-1;;;. The van der Waals surface area contributed by atoms with E-state index < -0.39 is 47.1 Å². The zero-order valence-corrected chi connectivity index (χ0v) is 77.6. The second-order valence-corrected chi connectivity index (χ2v) is 75.0. The minimum absolute atomic E-state index is 0. The summed E-state index contributed by atoms with van der Waals surface area (Å²) in [6.45, 7) is 74.2. The van der Waals surface area contributed by atoms with Crippen LogP contribution in [0.1, 0.15) is 180 Å². The van der Waals surface area contributed by atoms with E-state index in [0.717, 1.165) is 12.1 Å². The van der Waals surface area contributed by atoms with Crippen molar-refractivity contribution in [1.29, 1.82) is 0 Å². The minimum Gasteiger partial charge on any atom is -0.412 e. The Bertz CT molecular complexity index is 3600. The zero-order valence-electron chi connectivity index (χ0n) is 69.1. The molecule has 1 radical (unpaired) electrons. The first-order valence-corrected chi connectivity index (χ1v) is 61.5. The molecular formula is C88H142Cl2O3Si7-. The molecule has 0 aliphatic heterocycles. The first-order chi connectivity index (χ1) is 44.3. The third-order valence-electron chi connectivity index (χ3n) is 21.0. The van der Waals surface area contributed by atoms with E-state index in [4.69, 9.17) is 22.2 Å². The van der Waals surface area contributed by atoms with Gasteiger partial charge in [-0.05, 0) is 148 Å². The SMILES string of the molecule is CC(C)(C)C[Si](C)(Cl)C1C(C[Si](C)(C)C)=Cc2ccccc21.CC(C)(C)C[Si](C)(Cl)C1C(C[Si](C)(C)C)=Cc2ccccc21.CC1=C(C)C([Si](C)(CC(C)(C)C)C2C(CC[Si](C)C)=Cc3ccccc32)C(C)=C1C.C[Si](C)(C)CC1=Cc2ccccc2C1.Cc1c[c-](C)c(C)c1C.O.O.O. The van der Waals surface area contributed by atoms with Gasteiger partial charge in [0, 0.05) is 49.6 Å². The highest BCUT2D eigenvalue weighted by molar-refractivity contribution is 7.21. The molecule has 5 aliphatic rings. The van der Waals surface area contributed by atoms with E-state index in [9.17, 15) is 0 Å². The molecule has 0 saturated heterocycles. The highest BCUT2D eigenvalue weighted by Gasteiger charge is 2.52. The van der Waals surface area contributed by atoms with Crippen molar-refractivity contribution in [3.63, 3.8) is 0 Å². The third-order valence-corrected chi connectivity index (χ3v) is 42.1. The first kappa shape index (κ1) is 90.9. The summed E-state index contributed by atoms with van der Waals surface area (Å²) in [4.78, 5) is 0. The number of halogens is 2. The molecule has 6 unspecified atom stereocenters. The Kier molecular flexibility index (Phi) is 32.1. The fourth-order valence-corrected chi connectivity index (χ4v) is 43.5. The van der Waals surface area contributed by atoms with Crippen LogP contribution in [-0.4, -0.2) is 72.3 Å². The van der Waals surface area contributed by atoms with Crippen LogP contribution in [-0.2, 0) is 6.42 Å². The van der Waals surface area contributed by atoms with Gasteiger partial charge in [0.1, 0.15) is 0 Å². The predicted molar refractivity (Wildman–Crippen MR) is 473 cm³/mol. The highest BCUT2D eigenvalue weighted by atomic mass is 35.6. The fraction of sp³-hybridized carbons (Fsp3) is 0.534. The molecule has 5 aliphatic carbocycles. The zero-order chi connectivity index (χ0) is 73.1. The van der Waals surface area contributed by atoms with Crippen molar-refractivity contribution in [2.45, 2.75) is 287 Å². The number of aryl methyl sites for hydroxylation is 2. The van der Waals surface area contributed by atoms with Gasteiger partial charge in [0.05, 0.1) is 8.07 Å². The Hall–Kier alpha value is -3.35. The van der Waals surface area contributed by atoms with Gasteiger partial charge in [0.15, 0.2) is 14.8 Å². The van der Waals surface area contributed by atoms with Crippen molar-refractivity contribution in [3.8, 4) is 0 Å². The van der Waals surface area contributed by atoms with Crippen LogP contribution in [0, 0.1) is 43.9 Å². The minimum atomic E-state index is -1.89. The van der Waals surface area contributed by atoms with Gasteiger partial charge < -0.3 is 16.4 Å². The number of hydrogen-bond acceptors (Lipinski definition) is 0. The highest BCUT2D eigenvalue weighted by Crippen LogP contribution is 2.59. The van der Waals surface area contributed by atoms with E-state index in [0.29, 0.717) is 38.4 Å². The smallest absolute Gasteiger partial charge is 0.165 e. The van der Waals surface area contributed by atoms with Crippen molar-refractivity contribution in [2.24, 2.45) is 16.2 Å². The molecule has 5 aromatic rings. The van der Waals surface area contributed by atoms with Crippen LogP contribution in [0.3, 0.4) is 0 Å². The van der Waals surface area contributed by atoms with Gasteiger partial charge in [-0.25, -0.2) is 0 Å². The first-order valence-electron chi connectivity index (χ1n) is 37.2. The topological polar surface area (TPSA) is 94.5 Å². The summed E-state index contributed by atoms with van der Waals surface area (Å²) in [7, 11) is -9.01. The molecule has 6 atom stereocenters. The Morgan fingerprint density at radius 3 is 1.11 bits per heavy atom. The maximum Gasteiger partial charge on any atom is 0.165 e. The molecule has 0 amide bonds. The molecular weight excluding hydrogens is 1370 g/mol. The van der Waals surface area contributed by atoms with Gasteiger partial charge in [0.2, 0.25) is 0 Å². The molecule has 5 aromatic carbocycles. The van der Waals surface area contributed by atoms with Crippen molar-refractivity contribution >= 4 is 102 Å². The number of benzene rings is 4. The fourth-order valence-electron chi connectivity index (χ4n) is 17.9. The maximum absolute atomic E-state index is 7.29. The van der Waals surface area contributed by atoms with Crippen LogP contribution in [0.2, 0.25) is 140 Å². The van der Waals surface area contributed by atoms with E-state index in [1.54, 1.807) is 50.1 Å². The van der Waals surface area contributed by atoms with Crippen LogP contribution >= 0.6 is 22.2 Å². The van der Waals surface area contributed by atoms with Crippen LogP contribution < -0.4 is 0 Å². The summed E-state index contributed by atoms with van der Waals surface area (Å²) in [5, 5.41) is 0. The largest absolute Gasteiger partial charge is 0.412 e. The van der Waals surface area contributed by atoms with E-state index in [1.165, 1.54) is 104 Å². The molecule has 12 heteroatoms. The molecule has 0 aromatic heterocycles. The number of allylic oxidation sites excluding steroid dienone is 8. The van der Waals surface area contributed by atoms with Gasteiger partial charge in [-0.2, -0.15) is 50.5 Å². The van der Waals surface area contributed by atoms with E-state index in [2.05, 4.69) is 337 Å². The van der Waals surface area contributed by atoms with Crippen molar-refractivity contribution in [1.82, 2.24) is 0 Å². The summed E-state index contributed by atoms with van der Waals surface area (Å²) in [5.74, 6) is 0. The molecule has 10 rings (SSSR count). The summed E-state index contributed by atoms with van der Waals surface area (Å²) < 4.78 is 0. The van der Waals surface area contributed by atoms with Crippen molar-refractivity contribution < 1.29 is 16.4 Å². The average molecular weight is 1520 g/mol. The Morgan fingerprint density at radius 2 is 0.790 bits per heavy atom. The molecule has 0 fully saturated rings. The van der Waals surface area contributed by atoms with Crippen LogP contribution in [0.15, 0.2) is 148 Å².